The highest BCUT2D eigenvalue weighted by atomic mass is 16.5. The molecule has 4 atom stereocenters. The number of ether oxygens (including phenoxy) is 1. The summed E-state index contributed by atoms with van der Waals surface area (Å²) >= 11 is 0. The summed E-state index contributed by atoms with van der Waals surface area (Å²) in [5.41, 5.74) is 2.65. The predicted octanol–water partition coefficient (Wildman–Crippen LogP) is 3.68. The number of esters is 1. The van der Waals surface area contributed by atoms with E-state index in [0.29, 0.717) is 41.3 Å². The molecule has 3 fully saturated rings. The molecule has 2 saturated heterocycles. The first-order valence-corrected chi connectivity index (χ1v) is 15.0. The smallest absolute Gasteiger partial charge is 0.339 e. The number of piperidine rings is 1. The monoisotopic (exact) mass is 606 g/mol. The number of carbonyl (C=O) groups excluding carboxylic acids is 4. The minimum Gasteiger partial charge on any atom is -0.465 e. The number of hydrogen-bond donors (Lipinski definition) is 2. The molecule has 3 aliphatic rings. The molecule has 230 valence electrons. The van der Waals surface area contributed by atoms with Gasteiger partial charge in [-0.05, 0) is 48.2 Å². The molecule has 3 amide bonds. The van der Waals surface area contributed by atoms with E-state index in [1.807, 2.05) is 54.8 Å². The number of likely N-dealkylation sites (tertiary alicyclic amines) is 2. The van der Waals surface area contributed by atoms with E-state index in [2.05, 4.69) is 20.3 Å². The summed E-state index contributed by atoms with van der Waals surface area (Å²) in [4.78, 5) is 68.1. The standard InChI is InChI=1S/C34H34N6O5/c1-33(2,3)28(38-29(41)25-13-19-7-5-6-8-23(19)37-25)31(43)39-17-27-34(14-26(34)39)18-40(27)30(42)24-12-9-20(15-36-24)22-11-10-21(16-35-22)32(44)45-4/h5-13,15-16,26-28,37H,14,17-18H2,1-4H3,(H,38,41). The Labute approximate surface area is 260 Å². The van der Waals surface area contributed by atoms with Crippen molar-refractivity contribution in [2.75, 3.05) is 20.2 Å². The van der Waals surface area contributed by atoms with Crippen LogP contribution in [0.4, 0.5) is 0 Å². The van der Waals surface area contributed by atoms with Gasteiger partial charge in [-0.25, -0.2) is 4.79 Å². The van der Waals surface area contributed by atoms with Crippen LogP contribution in [0.2, 0.25) is 0 Å². The van der Waals surface area contributed by atoms with Crippen LogP contribution in [0.1, 0.15) is 58.5 Å². The average Bonchev–Trinajstić information content (AvgIpc) is 3.55. The molecule has 0 bridgehead atoms. The molecule has 1 aromatic carbocycles. The lowest BCUT2D eigenvalue weighted by molar-refractivity contribution is -0.135. The van der Waals surface area contributed by atoms with Crippen molar-refractivity contribution in [3.63, 3.8) is 0 Å². The van der Waals surface area contributed by atoms with E-state index >= 15 is 0 Å². The summed E-state index contributed by atoms with van der Waals surface area (Å²) in [5.74, 6) is -1.09. The number of amides is 3. The molecule has 1 saturated carbocycles. The zero-order valence-electron chi connectivity index (χ0n) is 25.5. The lowest BCUT2D eigenvalue weighted by Crippen LogP contribution is -2.61. The molecule has 2 N–H and O–H groups in total. The number of fused-ring (bicyclic) bond motifs is 1. The first-order chi connectivity index (χ1) is 21.5. The van der Waals surface area contributed by atoms with Gasteiger partial charge in [0.15, 0.2) is 0 Å². The van der Waals surface area contributed by atoms with E-state index in [-0.39, 0.29) is 35.2 Å². The highest BCUT2D eigenvalue weighted by Gasteiger charge is 2.76. The number of para-hydroxylation sites is 1. The number of carbonyl (C=O) groups is 4. The second-order valence-electron chi connectivity index (χ2n) is 13.3. The Bertz CT molecular complexity index is 1810. The van der Waals surface area contributed by atoms with Gasteiger partial charge in [-0.15, -0.1) is 0 Å². The fourth-order valence-corrected chi connectivity index (χ4v) is 6.87. The minimum atomic E-state index is -0.736. The van der Waals surface area contributed by atoms with Gasteiger partial charge in [0.2, 0.25) is 5.91 Å². The van der Waals surface area contributed by atoms with Crippen molar-refractivity contribution in [2.45, 2.75) is 45.3 Å². The number of methoxy groups -OCH3 is 1. The van der Waals surface area contributed by atoms with Crippen molar-refractivity contribution in [2.24, 2.45) is 10.8 Å². The molecule has 4 unspecified atom stereocenters. The van der Waals surface area contributed by atoms with E-state index in [1.165, 1.54) is 13.3 Å². The van der Waals surface area contributed by atoms with E-state index in [4.69, 9.17) is 4.74 Å². The molecule has 3 aromatic heterocycles. The third-order valence-corrected chi connectivity index (χ3v) is 9.50. The van der Waals surface area contributed by atoms with Gasteiger partial charge < -0.3 is 24.8 Å². The van der Waals surface area contributed by atoms with Gasteiger partial charge in [0.25, 0.3) is 11.8 Å². The van der Waals surface area contributed by atoms with Crippen LogP contribution >= 0.6 is 0 Å². The van der Waals surface area contributed by atoms with Crippen LogP contribution in [0.15, 0.2) is 67.0 Å². The number of H-pyrrole nitrogens is 1. The van der Waals surface area contributed by atoms with Gasteiger partial charge in [-0.1, -0.05) is 39.0 Å². The molecule has 2 aliphatic heterocycles. The van der Waals surface area contributed by atoms with E-state index in [1.54, 1.807) is 36.5 Å². The van der Waals surface area contributed by atoms with E-state index in [9.17, 15) is 19.2 Å². The van der Waals surface area contributed by atoms with Crippen LogP contribution in [0.5, 0.6) is 0 Å². The summed E-state index contributed by atoms with van der Waals surface area (Å²) in [6.07, 6.45) is 3.88. The zero-order valence-corrected chi connectivity index (χ0v) is 25.5. The third kappa shape index (κ3) is 4.73. The number of nitrogens with one attached hydrogen (secondary N) is 2. The van der Waals surface area contributed by atoms with Crippen LogP contribution < -0.4 is 5.32 Å². The Kier molecular flexibility index (Phi) is 6.54. The molecule has 7 rings (SSSR count). The number of aromatic amines is 1. The van der Waals surface area contributed by atoms with E-state index in [0.717, 1.165) is 17.3 Å². The zero-order chi connectivity index (χ0) is 31.7. The maximum absolute atomic E-state index is 14.0. The quantitative estimate of drug-likeness (QED) is 0.320. The summed E-state index contributed by atoms with van der Waals surface area (Å²) in [6.45, 7) is 6.85. The number of benzene rings is 1. The van der Waals surface area contributed by atoms with Gasteiger partial charge in [0.1, 0.15) is 17.4 Å². The minimum absolute atomic E-state index is 0.0586. The summed E-state index contributed by atoms with van der Waals surface area (Å²) in [7, 11) is 1.32. The second-order valence-corrected chi connectivity index (χ2v) is 13.3. The molecular formula is C34H34N6O5. The second kappa shape index (κ2) is 10.3. The molecule has 4 aromatic rings. The normalized spacial score (nSPS) is 22.2. The highest BCUT2D eigenvalue weighted by molar-refractivity contribution is 6.01. The van der Waals surface area contributed by atoms with Crippen LogP contribution in [0.3, 0.4) is 0 Å². The first kappa shape index (κ1) is 28.7. The lowest BCUT2D eigenvalue weighted by Gasteiger charge is -2.46. The molecule has 11 nitrogen and oxygen atoms in total. The maximum Gasteiger partial charge on any atom is 0.339 e. The molecular weight excluding hydrogens is 572 g/mol. The Morgan fingerprint density at radius 3 is 2.47 bits per heavy atom. The van der Waals surface area contributed by atoms with Crippen molar-refractivity contribution in [3.8, 4) is 11.3 Å². The topological polar surface area (TPSA) is 138 Å². The predicted molar refractivity (Wildman–Crippen MR) is 165 cm³/mol. The molecule has 45 heavy (non-hydrogen) atoms. The fraction of sp³-hybridized carbons (Fsp3) is 0.353. The van der Waals surface area contributed by atoms with Crippen molar-refractivity contribution in [1.29, 1.82) is 0 Å². The summed E-state index contributed by atoms with van der Waals surface area (Å²) in [6, 6.07) is 15.5. The van der Waals surface area contributed by atoms with Gasteiger partial charge in [-0.3, -0.25) is 24.4 Å². The number of aromatic nitrogens is 3. The molecule has 1 spiro atoms. The molecule has 11 heteroatoms. The van der Waals surface area contributed by atoms with Crippen molar-refractivity contribution in [1.82, 2.24) is 30.1 Å². The molecule has 5 heterocycles. The van der Waals surface area contributed by atoms with Gasteiger partial charge in [0, 0.05) is 53.4 Å². The Balaban J connectivity index is 1.03. The molecule has 1 aliphatic carbocycles. The van der Waals surface area contributed by atoms with Crippen LogP contribution in [-0.2, 0) is 9.53 Å². The fourth-order valence-electron chi connectivity index (χ4n) is 6.87. The summed E-state index contributed by atoms with van der Waals surface area (Å²) < 4.78 is 4.72. The maximum atomic E-state index is 14.0. The average molecular weight is 607 g/mol. The highest BCUT2D eigenvalue weighted by Crippen LogP contribution is 2.65. The molecule has 0 radical (unpaired) electrons. The lowest BCUT2D eigenvalue weighted by atomic mass is 9.85. The van der Waals surface area contributed by atoms with Crippen LogP contribution in [0, 0.1) is 10.8 Å². The number of pyridine rings is 2. The Morgan fingerprint density at radius 2 is 1.80 bits per heavy atom. The van der Waals surface area contributed by atoms with Crippen LogP contribution in [0.25, 0.3) is 22.2 Å². The number of nitrogens with zero attached hydrogens (tertiary/aromatic N) is 4. The SMILES string of the molecule is COC(=O)c1ccc(-c2ccc(C(=O)N3CC45CC4N(C(=O)C(NC(=O)c4cc6ccccc6[nH]4)C(C)(C)C)CC35)nc2)nc1. The van der Waals surface area contributed by atoms with Gasteiger partial charge in [0.05, 0.1) is 24.4 Å². The number of hydrogen-bond acceptors (Lipinski definition) is 7. The van der Waals surface area contributed by atoms with Crippen molar-refractivity contribution in [3.05, 3.63) is 83.9 Å². The van der Waals surface area contributed by atoms with Crippen LogP contribution in [-0.4, -0.2) is 86.8 Å². The van der Waals surface area contributed by atoms with Gasteiger partial charge in [-0.2, -0.15) is 0 Å². The largest absolute Gasteiger partial charge is 0.465 e. The van der Waals surface area contributed by atoms with E-state index < -0.39 is 17.4 Å². The van der Waals surface area contributed by atoms with Gasteiger partial charge >= 0.3 is 5.97 Å². The Morgan fingerprint density at radius 1 is 1.00 bits per heavy atom. The third-order valence-electron chi connectivity index (χ3n) is 9.50. The summed E-state index contributed by atoms with van der Waals surface area (Å²) in [5, 5.41) is 3.94. The van der Waals surface area contributed by atoms with Crippen molar-refractivity contribution >= 4 is 34.6 Å². The van der Waals surface area contributed by atoms with Crippen molar-refractivity contribution < 1.29 is 23.9 Å². The first-order valence-electron chi connectivity index (χ1n) is 15.0. The number of rotatable bonds is 6. The Hall–Kier alpha value is -5.06.